The molecule has 0 aromatic carbocycles. The smallest absolute Gasteiger partial charge is 0.308 e. The Morgan fingerprint density at radius 3 is 3.00 bits per heavy atom. The maximum atomic E-state index is 11.4. The fourth-order valence-corrected chi connectivity index (χ4v) is 5.05. The van der Waals surface area contributed by atoms with Gasteiger partial charge in [0.05, 0.1) is 11.3 Å². The summed E-state index contributed by atoms with van der Waals surface area (Å²) >= 11 is 1.81. The van der Waals surface area contributed by atoms with Crippen molar-refractivity contribution in [1.29, 1.82) is 0 Å². The number of carboxylic acids is 1. The first-order chi connectivity index (χ1) is 11.2. The molecule has 0 spiro atoms. The number of nitrogens with zero attached hydrogens (tertiary/aromatic N) is 3. The molecule has 0 bridgehead atoms. The van der Waals surface area contributed by atoms with Gasteiger partial charge >= 0.3 is 5.97 Å². The Kier molecular flexibility index (Phi) is 3.71. The Morgan fingerprint density at radius 2 is 2.22 bits per heavy atom. The van der Waals surface area contributed by atoms with E-state index in [1.807, 2.05) is 11.3 Å². The minimum Gasteiger partial charge on any atom is -0.481 e. The SMILES string of the molecule is CCc1nc(N2CCC[C@H](C(=O)O)C2)c2c3c(sc2n1)CCC3. The van der Waals surface area contributed by atoms with Crippen molar-refractivity contribution in [2.24, 2.45) is 5.92 Å². The lowest BCUT2D eigenvalue weighted by atomic mass is 9.98. The molecule has 1 fully saturated rings. The van der Waals surface area contributed by atoms with Gasteiger partial charge < -0.3 is 10.0 Å². The topological polar surface area (TPSA) is 66.3 Å². The number of hydrogen-bond donors (Lipinski definition) is 1. The summed E-state index contributed by atoms with van der Waals surface area (Å²) in [6.07, 6.45) is 5.95. The highest BCUT2D eigenvalue weighted by Gasteiger charge is 2.30. The lowest BCUT2D eigenvalue weighted by Gasteiger charge is -2.32. The molecule has 1 N–H and O–H groups in total. The Bertz CT molecular complexity index is 771. The molecule has 0 unspecified atom stereocenters. The van der Waals surface area contributed by atoms with Gasteiger partial charge in [-0.05, 0) is 37.7 Å². The molecule has 1 aliphatic carbocycles. The van der Waals surface area contributed by atoms with E-state index in [4.69, 9.17) is 9.97 Å². The predicted molar refractivity (Wildman–Crippen MR) is 91.4 cm³/mol. The van der Waals surface area contributed by atoms with Crippen molar-refractivity contribution in [1.82, 2.24) is 9.97 Å². The Morgan fingerprint density at radius 1 is 1.35 bits per heavy atom. The number of rotatable bonds is 3. The molecule has 1 aliphatic heterocycles. The van der Waals surface area contributed by atoms with Crippen LogP contribution in [0.15, 0.2) is 0 Å². The van der Waals surface area contributed by atoms with Crippen molar-refractivity contribution in [3.63, 3.8) is 0 Å². The molecule has 2 aromatic heterocycles. The fraction of sp³-hybridized carbons (Fsp3) is 0.588. The molecule has 5 nitrogen and oxygen atoms in total. The van der Waals surface area contributed by atoms with Gasteiger partial charge in [0.25, 0.3) is 0 Å². The number of aromatic nitrogens is 2. The van der Waals surface area contributed by atoms with E-state index in [1.54, 1.807) is 0 Å². The quantitative estimate of drug-likeness (QED) is 0.936. The zero-order valence-electron chi connectivity index (χ0n) is 13.3. The van der Waals surface area contributed by atoms with Crippen LogP contribution in [0.4, 0.5) is 5.82 Å². The van der Waals surface area contributed by atoms with E-state index in [1.165, 1.54) is 22.2 Å². The minimum atomic E-state index is -0.689. The van der Waals surface area contributed by atoms with E-state index in [-0.39, 0.29) is 5.92 Å². The normalized spacial score (nSPS) is 20.9. The lowest BCUT2D eigenvalue weighted by molar-refractivity contribution is -0.141. The van der Waals surface area contributed by atoms with E-state index in [0.29, 0.717) is 6.54 Å². The van der Waals surface area contributed by atoms with Crippen molar-refractivity contribution >= 4 is 33.3 Å². The summed E-state index contributed by atoms with van der Waals surface area (Å²) in [5.74, 6) is 0.874. The maximum absolute atomic E-state index is 11.4. The van der Waals surface area contributed by atoms with Crippen LogP contribution in [0, 0.1) is 5.92 Å². The molecule has 6 heteroatoms. The second-order valence-corrected chi connectivity index (χ2v) is 7.56. The van der Waals surface area contributed by atoms with Gasteiger partial charge in [-0.1, -0.05) is 6.92 Å². The highest BCUT2D eigenvalue weighted by Crippen LogP contribution is 2.41. The number of aliphatic carboxylic acids is 1. The summed E-state index contributed by atoms with van der Waals surface area (Å²) in [4.78, 5) is 25.7. The molecule has 0 radical (unpaired) electrons. The number of fused-ring (bicyclic) bond motifs is 3. The number of hydrogen-bond acceptors (Lipinski definition) is 5. The number of aryl methyl sites for hydroxylation is 3. The average Bonchev–Trinajstić information content (AvgIpc) is 3.14. The number of piperidine rings is 1. The molecule has 1 saturated heterocycles. The summed E-state index contributed by atoms with van der Waals surface area (Å²) in [6.45, 7) is 3.53. The summed E-state index contributed by atoms with van der Waals surface area (Å²) in [5, 5.41) is 10.6. The van der Waals surface area contributed by atoms with Gasteiger partial charge in [0.1, 0.15) is 16.5 Å². The molecule has 3 heterocycles. The van der Waals surface area contributed by atoms with E-state index in [0.717, 1.165) is 55.1 Å². The molecule has 122 valence electrons. The first-order valence-corrected chi connectivity index (χ1v) is 9.28. The first-order valence-electron chi connectivity index (χ1n) is 8.46. The van der Waals surface area contributed by atoms with E-state index < -0.39 is 5.97 Å². The third-order valence-corrected chi connectivity index (χ3v) is 6.16. The van der Waals surface area contributed by atoms with Gasteiger partial charge in [-0.15, -0.1) is 11.3 Å². The van der Waals surface area contributed by atoms with Crippen LogP contribution < -0.4 is 4.90 Å². The van der Waals surface area contributed by atoms with Crippen LogP contribution in [0.5, 0.6) is 0 Å². The third-order valence-electron chi connectivity index (χ3n) is 4.98. The van der Waals surface area contributed by atoms with Crippen LogP contribution in [0.2, 0.25) is 0 Å². The van der Waals surface area contributed by atoms with Crippen molar-refractivity contribution in [3.05, 3.63) is 16.3 Å². The van der Waals surface area contributed by atoms with E-state index in [9.17, 15) is 9.90 Å². The van der Waals surface area contributed by atoms with Gasteiger partial charge in [-0.25, -0.2) is 9.97 Å². The maximum Gasteiger partial charge on any atom is 0.308 e. The molecule has 0 amide bonds. The van der Waals surface area contributed by atoms with Crippen LogP contribution in [0.25, 0.3) is 10.2 Å². The Balaban J connectivity index is 1.82. The first kappa shape index (κ1) is 14.9. The minimum absolute atomic E-state index is 0.287. The van der Waals surface area contributed by atoms with Crippen molar-refractivity contribution in [3.8, 4) is 0 Å². The molecule has 0 saturated carbocycles. The number of carboxylic acid groups (broad SMARTS) is 1. The van der Waals surface area contributed by atoms with Gasteiger partial charge in [-0.3, -0.25) is 4.79 Å². The summed E-state index contributed by atoms with van der Waals surface area (Å²) < 4.78 is 0. The molecule has 2 aliphatic rings. The van der Waals surface area contributed by atoms with E-state index in [2.05, 4.69) is 11.8 Å². The van der Waals surface area contributed by atoms with Crippen LogP contribution in [-0.2, 0) is 24.1 Å². The zero-order valence-corrected chi connectivity index (χ0v) is 14.2. The van der Waals surface area contributed by atoms with E-state index >= 15 is 0 Å². The highest BCUT2D eigenvalue weighted by atomic mass is 32.1. The number of carbonyl (C=O) groups is 1. The number of thiophene rings is 1. The van der Waals surface area contributed by atoms with Gasteiger partial charge in [-0.2, -0.15) is 0 Å². The Hall–Kier alpha value is -1.69. The molecule has 1 atom stereocenters. The van der Waals surface area contributed by atoms with Crippen LogP contribution in [0.1, 0.15) is 42.5 Å². The van der Waals surface area contributed by atoms with Gasteiger partial charge in [0.2, 0.25) is 0 Å². The monoisotopic (exact) mass is 331 g/mol. The molecular weight excluding hydrogens is 310 g/mol. The van der Waals surface area contributed by atoms with Crippen molar-refractivity contribution < 1.29 is 9.90 Å². The molecular formula is C17H21N3O2S. The second-order valence-electron chi connectivity index (χ2n) is 6.48. The van der Waals surface area contributed by atoms with Crippen LogP contribution in [-0.4, -0.2) is 34.1 Å². The average molecular weight is 331 g/mol. The molecule has 4 rings (SSSR count). The summed E-state index contributed by atoms with van der Waals surface area (Å²) in [7, 11) is 0. The van der Waals surface area contributed by atoms with Crippen LogP contribution in [0.3, 0.4) is 0 Å². The zero-order chi connectivity index (χ0) is 16.0. The van der Waals surface area contributed by atoms with Crippen LogP contribution >= 0.6 is 11.3 Å². The lowest BCUT2D eigenvalue weighted by Crippen LogP contribution is -2.39. The number of anilines is 1. The largest absolute Gasteiger partial charge is 0.481 e. The van der Waals surface area contributed by atoms with Crippen molar-refractivity contribution in [2.75, 3.05) is 18.0 Å². The predicted octanol–water partition coefficient (Wildman–Crippen LogP) is 3.04. The molecule has 2 aromatic rings. The summed E-state index contributed by atoms with van der Waals surface area (Å²) in [5.41, 5.74) is 1.42. The van der Waals surface area contributed by atoms with Crippen molar-refractivity contribution in [2.45, 2.75) is 45.4 Å². The standard InChI is InChI=1S/C17H21N3O2S/c1-2-13-18-15(20-8-4-5-10(9-20)17(21)22)14-11-6-3-7-12(11)23-16(14)19-13/h10H,2-9H2,1H3,(H,21,22)/t10-/m0/s1. The molecule has 23 heavy (non-hydrogen) atoms. The Labute approximate surface area is 139 Å². The third kappa shape index (κ3) is 2.49. The fourth-order valence-electron chi connectivity index (χ4n) is 3.78. The highest BCUT2D eigenvalue weighted by molar-refractivity contribution is 7.19. The second kappa shape index (κ2) is 5.74. The van der Waals surface area contributed by atoms with Gasteiger partial charge in [0, 0.05) is 24.4 Å². The summed E-state index contributed by atoms with van der Waals surface area (Å²) in [6, 6.07) is 0. The van der Waals surface area contributed by atoms with Gasteiger partial charge in [0.15, 0.2) is 0 Å².